The van der Waals surface area contributed by atoms with Crippen molar-refractivity contribution in [3.63, 3.8) is 0 Å². The van der Waals surface area contributed by atoms with Crippen molar-refractivity contribution in [1.29, 1.82) is 0 Å². The van der Waals surface area contributed by atoms with Gasteiger partial charge in [0.05, 0.1) is 12.7 Å². The molecule has 0 amide bonds. The van der Waals surface area contributed by atoms with Crippen molar-refractivity contribution in [2.24, 2.45) is 40.4 Å². The van der Waals surface area contributed by atoms with Crippen LogP contribution in [0, 0.1) is 40.4 Å². The Morgan fingerprint density at radius 2 is 1.78 bits per heavy atom. The van der Waals surface area contributed by atoms with Gasteiger partial charge in [0.25, 0.3) is 0 Å². The van der Waals surface area contributed by atoms with Gasteiger partial charge in [-0.3, -0.25) is 0 Å². The Morgan fingerprint density at radius 3 is 2.54 bits per heavy atom. The molecule has 37 heavy (non-hydrogen) atoms. The largest absolute Gasteiger partial charge is 0.331 e. The Morgan fingerprint density at radius 1 is 0.973 bits per heavy atom. The number of allylic oxidation sites excluding steroid dienone is 1. The van der Waals surface area contributed by atoms with E-state index in [1.165, 1.54) is 75.9 Å². The second-order valence-electron chi connectivity index (χ2n) is 13.7. The van der Waals surface area contributed by atoms with Gasteiger partial charge in [0.15, 0.2) is 0 Å². The zero-order valence-electron chi connectivity index (χ0n) is 24.4. The number of hydrogen-bond acceptors (Lipinski definition) is 2. The topological polar surface area (TPSA) is 18.5 Å². The fourth-order valence-corrected chi connectivity index (χ4v) is 10.6. The molecular formula is C34H53O2P. The van der Waals surface area contributed by atoms with Gasteiger partial charge >= 0.3 is 0 Å². The maximum atomic E-state index is 6.71. The van der Waals surface area contributed by atoms with Gasteiger partial charge in [-0.2, -0.15) is 0 Å². The van der Waals surface area contributed by atoms with Crippen molar-refractivity contribution >= 4 is 13.7 Å². The SMILES string of the molecule is CCOP(OC1CCC2(C)C(=CCC3C2CCC2(C)C(CCCCC(C)C)CCC32)C1)c1ccccc1. The average molecular weight is 525 g/mol. The molecule has 4 aliphatic rings. The smallest absolute Gasteiger partial charge is 0.205 e. The second kappa shape index (κ2) is 11.8. The predicted octanol–water partition coefficient (Wildman–Crippen LogP) is 9.84. The van der Waals surface area contributed by atoms with Crippen molar-refractivity contribution in [2.45, 2.75) is 118 Å². The second-order valence-corrected chi connectivity index (χ2v) is 15.2. The fourth-order valence-electron chi connectivity index (χ4n) is 9.21. The summed E-state index contributed by atoms with van der Waals surface area (Å²) in [4.78, 5) is 0. The van der Waals surface area contributed by atoms with Crippen LogP contribution in [0.1, 0.15) is 112 Å². The fraction of sp³-hybridized carbons (Fsp3) is 0.765. The Balaban J connectivity index is 1.24. The minimum atomic E-state index is -0.993. The first kappa shape index (κ1) is 27.9. The first-order valence-corrected chi connectivity index (χ1v) is 16.9. The van der Waals surface area contributed by atoms with Gasteiger partial charge in [-0.05, 0) is 117 Å². The van der Waals surface area contributed by atoms with Crippen LogP contribution in [0.3, 0.4) is 0 Å². The highest BCUT2D eigenvalue weighted by molar-refractivity contribution is 7.56. The van der Waals surface area contributed by atoms with E-state index in [0.717, 1.165) is 36.0 Å². The van der Waals surface area contributed by atoms with Crippen LogP contribution in [-0.4, -0.2) is 12.7 Å². The van der Waals surface area contributed by atoms with E-state index in [1.54, 1.807) is 5.57 Å². The summed E-state index contributed by atoms with van der Waals surface area (Å²) in [6, 6.07) is 10.6. The number of fused-ring (bicyclic) bond motifs is 5. The molecule has 0 spiro atoms. The summed E-state index contributed by atoms with van der Waals surface area (Å²) in [5.74, 6) is 4.58. The maximum absolute atomic E-state index is 6.71. The summed E-state index contributed by atoms with van der Waals surface area (Å²) in [7, 11) is -0.993. The molecule has 0 aliphatic heterocycles. The number of benzene rings is 1. The molecule has 1 aromatic carbocycles. The molecule has 0 N–H and O–H groups in total. The molecule has 4 aliphatic carbocycles. The summed E-state index contributed by atoms with van der Waals surface area (Å²) in [5.41, 5.74) is 2.71. The van der Waals surface area contributed by atoms with Gasteiger partial charge in [0.1, 0.15) is 0 Å². The zero-order valence-corrected chi connectivity index (χ0v) is 25.3. The van der Waals surface area contributed by atoms with Gasteiger partial charge in [0, 0.05) is 5.30 Å². The van der Waals surface area contributed by atoms with Crippen LogP contribution in [0.25, 0.3) is 0 Å². The van der Waals surface area contributed by atoms with E-state index in [1.807, 2.05) is 0 Å². The average Bonchev–Trinajstić information content (AvgIpc) is 3.23. The summed E-state index contributed by atoms with van der Waals surface area (Å²) in [5, 5.41) is 1.21. The molecule has 2 nitrogen and oxygen atoms in total. The monoisotopic (exact) mass is 524 g/mol. The van der Waals surface area contributed by atoms with Crippen LogP contribution in [-0.2, 0) is 9.05 Å². The standard InChI is InChI=1S/C34H53O2P/c1-6-35-37(29-14-8-7-9-15-29)36-28-20-22-34(5)27(24-28)16-18-30-31-19-17-26(13-11-10-12-25(2)3)33(31,4)23-21-32(30)34/h7-9,14-16,25-26,28,30-32H,6,10-13,17-24H2,1-5H3. The highest BCUT2D eigenvalue weighted by Crippen LogP contribution is 2.67. The highest BCUT2D eigenvalue weighted by Gasteiger charge is 2.58. The van der Waals surface area contributed by atoms with Crippen molar-refractivity contribution in [3.8, 4) is 0 Å². The maximum Gasteiger partial charge on any atom is 0.205 e. The highest BCUT2D eigenvalue weighted by atomic mass is 31.2. The van der Waals surface area contributed by atoms with Gasteiger partial charge in [-0.15, -0.1) is 0 Å². The first-order chi connectivity index (χ1) is 17.8. The number of rotatable bonds is 10. The van der Waals surface area contributed by atoms with Gasteiger partial charge in [-0.1, -0.05) is 76.8 Å². The van der Waals surface area contributed by atoms with Crippen LogP contribution < -0.4 is 5.30 Å². The van der Waals surface area contributed by atoms with Crippen molar-refractivity contribution in [3.05, 3.63) is 42.0 Å². The summed E-state index contributed by atoms with van der Waals surface area (Å²) < 4.78 is 12.8. The molecule has 0 heterocycles. The Bertz CT molecular complexity index is 912. The lowest BCUT2D eigenvalue weighted by Crippen LogP contribution is -2.50. The molecule has 3 saturated carbocycles. The molecule has 8 atom stereocenters. The number of hydrogen-bond donors (Lipinski definition) is 0. The molecule has 0 radical (unpaired) electrons. The van der Waals surface area contributed by atoms with Crippen LogP contribution in [0.4, 0.5) is 0 Å². The Kier molecular flexibility index (Phi) is 8.90. The zero-order chi connectivity index (χ0) is 26.0. The van der Waals surface area contributed by atoms with Gasteiger partial charge < -0.3 is 9.05 Å². The van der Waals surface area contributed by atoms with Crippen LogP contribution >= 0.6 is 8.38 Å². The minimum absolute atomic E-state index is 0.296. The van der Waals surface area contributed by atoms with E-state index in [2.05, 4.69) is 71.0 Å². The molecule has 8 unspecified atom stereocenters. The quantitative estimate of drug-likeness (QED) is 0.172. The molecule has 0 bridgehead atoms. The summed E-state index contributed by atoms with van der Waals surface area (Å²) >= 11 is 0. The molecule has 5 rings (SSSR count). The van der Waals surface area contributed by atoms with Crippen molar-refractivity contribution in [1.82, 2.24) is 0 Å². The van der Waals surface area contributed by atoms with Gasteiger partial charge in [-0.25, -0.2) is 0 Å². The van der Waals surface area contributed by atoms with E-state index in [9.17, 15) is 0 Å². The van der Waals surface area contributed by atoms with E-state index >= 15 is 0 Å². The number of unbranched alkanes of at least 4 members (excludes halogenated alkanes) is 1. The van der Waals surface area contributed by atoms with Crippen LogP contribution in [0.2, 0.25) is 0 Å². The summed E-state index contributed by atoms with van der Waals surface area (Å²) in [6.07, 6.45) is 19.6. The van der Waals surface area contributed by atoms with E-state index in [-0.39, 0.29) is 0 Å². The third-order valence-electron chi connectivity index (χ3n) is 11.3. The summed E-state index contributed by atoms with van der Waals surface area (Å²) in [6.45, 7) is 12.9. The predicted molar refractivity (Wildman–Crippen MR) is 158 cm³/mol. The molecular weight excluding hydrogens is 471 g/mol. The third kappa shape index (κ3) is 5.64. The Labute approximate surface area is 229 Å². The molecule has 1 aromatic rings. The van der Waals surface area contributed by atoms with Crippen molar-refractivity contribution < 1.29 is 9.05 Å². The van der Waals surface area contributed by atoms with E-state index < -0.39 is 8.38 Å². The van der Waals surface area contributed by atoms with Crippen LogP contribution in [0.15, 0.2) is 42.0 Å². The van der Waals surface area contributed by atoms with Crippen LogP contribution in [0.5, 0.6) is 0 Å². The molecule has 3 heteroatoms. The first-order valence-electron chi connectivity index (χ1n) is 15.7. The molecule has 3 fully saturated rings. The lowest BCUT2D eigenvalue weighted by Gasteiger charge is -2.58. The van der Waals surface area contributed by atoms with E-state index in [4.69, 9.17) is 9.05 Å². The Hall–Kier alpha value is -0.690. The molecule has 0 aromatic heterocycles. The minimum Gasteiger partial charge on any atom is -0.331 e. The van der Waals surface area contributed by atoms with Gasteiger partial charge in [0.2, 0.25) is 8.38 Å². The lowest BCUT2D eigenvalue weighted by atomic mass is 9.47. The molecule has 206 valence electrons. The van der Waals surface area contributed by atoms with E-state index in [0.29, 0.717) is 23.5 Å². The van der Waals surface area contributed by atoms with Crippen molar-refractivity contribution in [2.75, 3.05) is 6.61 Å². The molecule has 0 saturated heterocycles. The normalized spacial score (nSPS) is 38.0. The lowest BCUT2D eigenvalue weighted by molar-refractivity contribution is -0.0492. The third-order valence-corrected chi connectivity index (χ3v) is 13.0.